The Bertz CT molecular complexity index is 1410. The first-order valence-corrected chi connectivity index (χ1v) is 11.3. The summed E-state index contributed by atoms with van der Waals surface area (Å²) in [7, 11) is 3.07. The molecule has 8 heteroatoms. The molecule has 0 spiro atoms. The number of amides is 1. The van der Waals surface area contributed by atoms with Crippen molar-refractivity contribution >= 4 is 33.1 Å². The van der Waals surface area contributed by atoms with Gasteiger partial charge in [0.2, 0.25) is 5.91 Å². The molecule has 170 valence electrons. The second-order valence-electron chi connectivity index (χ2n) is 7.84. The highest BCUT2D eigenvalue weighted by atomic mass is 32.1. The molecule has 1 N–H and O–H groups in total. The number of carbonyl (C=O) groups excluding carboxylic acids is 1. The smallest absolute Gasteiger partial charge is 0.263 e. The molecule has 0 fully saturated rings. The highest BCUT2D eigenvalue weighted by Gasteiger charge is 2.22. The van der Waals surface area contributed by atoms with Gasteiger partial charge in [-0.3, -0.25) is 14.2 Å². The maximum absolute atomic E-state index is 13.5. The Morgan fingerprint density at radius 3 is 2.58 bits per heavy atom. The highest BCUT2D eigenvalue weighted by Crippen LogP contribution is 2.33. The number of thiophene rings is 1. The number of aryl methyl sites for hydroxylation is 2. The van der Waals surface area contributed by atoms with Crippen molar-refractivity contribution in [1.82, 2.24) is 9.55 Å². The average molecular weight is 464 g/mol. The maximum Gasteiger partial charge on any atom is 0.263 e. The Labute approximate surface area is 195 Å². The Kier molecular flexibility index (Phi) is 6.20. The first-order chi connectivity index (χ1) is 15.8. The molecule has 1 unspecified atom stereocenters. The number of hydrogen-bond acceptors (Lipinski definition) is 6. The third-order valence-corrected chi connectivity index (χ3v) is 6.54. The van der Waals surface area contributed by atoms with Crippen LogP contribution in [0.15, 0.2) is 52.9 Å². The van der Waals surface area contributed by atoms with Gasteiger partial charge < -0.3 is 14.8 Å². The number of rotatable bonds is 6. The molecule has 0 aliphatic rings. The number of methoxy groups -OCH3 is 2. The molecule has 4 aromatic rings. The van der Waals surface area contributed by atoms with Crippen LogP contribution in [-0.4, -0.2) is 29.7 Å². The van der Waals surface area contributed by atoms with Gasteiger partial charge >= 0.3 is 0 Å². The van der Waals surface area contributed by atoms with Gasteiger partial charge in [-0.1, -0.05) is 23.8 Å². The molecule has 33 heavy (non-hydrogen) atoms. The third-order valence-electron chi connectivity index (χ3n) is 5.65. The first kappa shape index (κ1) is 22.5. The number of fused-ring (bicyclic) bond motifs is 1. The molecule has 0 aliphatic heterocycles. The summed E-state index contributed by atoms with van der Waals surface area (Å²) in [5.41, 5.74) is 4.27. The summed E-state index contributed by atoms with van der Waals surface area (Å²) in [6.07, 6.45) is 1.43. The molecule has 1 amide bonds. The maximum atomic E-state index is 13.5. The van der Waals surface area contributed by atoms with Gasteiger partial charge in [-0.05, 0) is 44.0 Å². The van der Waals surface area contributed by atoms with Gasteiger partial charge in [-0.2, -0.15) is 0 Å². The van der Waals surface area contributed by atoms with Crippen LogP contribution < -0.4 is 20.3 Å². The highest BCUT2D eigenvalue weighted by molar-refractivity contribution is 7.17. The van der Waals surface area contributed by atoms with E-state index in [1.165, 1.54) is 29.3 Å². The normalized spacial score (nSPS) is 11.9. The van der Waals surface area contributed by atoms with E-state index in [4.69, 9.17) is 9.47 Å². The second-order valence-corrected chi connectivity index (χ2v) is 8.69. The van der Waals surface area contributed by atoms with Crippen LogP contribution in [0.5, 0.6) is 11.5 Å². The summed E-state index contributed by atoms with van der Waals surface area (Å²) < 4.78 is 11.9. The fourth-order valence-corrected chi connectivity index (χ4v) is 4.71. The Balaban J connectivity index is 1.72. The lowest BCUT2D eigenvalue weighted by Gasteiger charge is -2.17. The van der Waals surface area contributed by atoms with E-state index in [1.54, 1.807) is 32.2 Å². The zero-order valence-corrected chi connectivity index (χ0v) is 19.9. The van der Waals surface area contributed by atoms with E-state index in [2.05, 4.69) is 16.4 Å². The largest absolute Gasteiger partial charge is 0.497 e. The fraction of sp³-hybridized carbons (Fsp3) is 0.240. The predicted octanol–water partition coefficient (Wildman–Crippen LogP) is 4.96. The number of hydrogen-bond donors (Lipinski definition) is 1. The fourth-order valence-electron chi connectivity index (χ4n) is 3.81. The van der Waals surface area contributed by atoms with Crippen molar-refractivity contribution in [1.29, 1.82) is 0 Å². The lowest BCUT2D eigenvalue weighted by atomic mass is 9.99. The third kappa shape index (κ3) is 4.21. The van der Waals surface area contributed by atoms with Crippen LogP contribution in [0.25, 0.3) is 21.3 Å². The molecule has 1 atom stereocenters. The molecule has 2 aromatic heterocycles. The van der Waals surface area contributed by atoms with Crippen molar-refractivity contribution < 1.29 is 14.3 Å². The standard InChI is InChI=1S/C25H25N3O4S/c1-14-6-8-18(15(2)10-14)19-12-33-24-22(19)25(30)28(13-26-24)16(3)23(29)27-20-11-17(31-4)7-9-21(20)32-5/h6-13,16H,1-5H3,(H,27,29). The van der Waals surface area contributed by atoms with Gasteiger partial charge in [0.05, 0.1) is 31.6 Å². The van der Waals surface area contributed by atoms with E-state index in [0.29, 0.717) is 27.4 Å². The van der Waals surface area contributed by atoms with Gasteiger partial charge in [0.25, 0.3) is 5.56 Å². The second kappa shape index (κ2) is 9.07. The molecular weight excluding hydrogens is 438 g/mol. The number of anilines is 1. The lowest BCUT2D eigenvalue weighted by molar-refractivity contribution is -0.118. The molecular formula is C25H25N3O4S. The topological polar surface area (TPSA) is 82.4 Å². The van der Waals surface area contributed by atoms with Crippen LogP contribution in [0, 0.1) is 13.8 Å². The van der Waals surface area contributed by atoms with Crippen LogP contribution in [0.3, 0.4) is 0 Å². The SMILES string of the molecule is COc1ccc(OC)c(NC(=O)C(C)n2cnc3scc(-c4ccc(C)cc4C)c3c2=O)c1. The molecule has 0 bridgehead atoms. The van der Waals surface area contributed by atoms with Crippen LogP contribution >= 0.6 is 11.3 Å². The number of aromatic nitrogens is 2. The van der Waals surface area contributed by atoms with Crippen LogP contribution in [0.4, 0.5) is 5.69 Å². The summed E-state index contributed by atoms with van der Waals surface area (Å²) >= 11 is 1.42. The van der Waals surface area contributed by atoms with E-state index in [-0.39, 0.29) is 11.5 Å². The van der Waals surface area contributed by atoms with Crippen molar-refractivity contribution in [3.63, 3.8) is 0 Å². The summed E-state index contributed by atoms with van der Waals surface area (Å²) in [6.45, 7) is 5.73. The molecule has 0 saturated heterocycles. The van der Waals surface area contributed by atoms with Crippen molar-refractivity contribution in [2.75, 3.05) is 19.5 Å². The quantitative estimate of drug-likeness (QED) is 0.437. The summed E-state index contributed by atoms with van der Waals surface area (Å²) in [5.74, 6) is 0.704. The van der Waals surface area contributed by atoms with Crippen molar-refractivity contribution in [3.05, 3.63) is 69.6 Å². The van der Waals surface area contributed by atoms with Gasteiger partial charge in [0.1, 0.15) is 22.4 Å². The summed E-state index contributed by atoms with van der Waals surface area (Å²) in [6, 6.07) is 10.5. The minimum atomic E-state index is -0.794. The predicted molar refractivity (Wildman–Crippen MR) is 132 cm³/mol. The van der Waals surface area contributed by atoms with Gasteiger partial charge in [0.15, 0.2) is 0 Å². The monoisotopic (exact) mass is 463 g/mol. The zero-order valence-electron chi connectivity index (χ0n) is 19.1. The summed E-state index contributed by atoms with van der Waals surface area (Å²) in [4.78, 5) is 31.7. The lowest BCUT2D eigenvalue weighted by Crippen LogP contribution is -2.31. The molecule has 0 radical (unpaired) electrons. The molecule has 2 aromatic carbocycles. The molecule has 0 saturated carbocycles. The van der Waals surface area contributed by atoms with Gasteiger partial charge in [-0.25, -0.2) is 4.98 Å². The van der Waals surface area contributed by atoms with Crippen LogP contribution in [0.2, 0.25) is 0 Å². The van der Waals surface area contributed by atoms with E-state index >= 15 is 0 Å². The number of benzene rings is 2. The molecule has 0 aliphatic carbocycles. The minimum Gasteiger partial charge on any atom is -0.497 e. The number of nitrogens with one attached hydrogen (secondary N) is 1. The molecule has 4 rings (SSSR count). The molecule has 2 heterocycles. The van der Waals surface area contributed by atoms with E-state index < -0.39 is 6.04 Å². The van der Waals surface area contributed by atoms with Crippen molar-refractivity contribution in [3.8, 4) is 22.6 Å². The zero-order chi connectivity index (χ0) is 23.7. The Morgan fingerprint density at radius 2 is 1.88 bits per heavy atom. The minimum absolute atomic E-state index is 0.253. The Hall–Kier alpha value is -3.65. The molecule has 7 nitrogen and oxygen atoms in total. The van der Waals surface area contributed by atoms with Crippen molar-refractivity contribution in [2.45, 2.75) is 26.8 Å². The summed E-state index contributed by atoms with van der Waals surface area (Å²) in [5, 5.41) is 5.31. The Morgan fingerprint density at radius 1 is 1.09 bits per heavy atom. The van der Waals surface area contributed by atoms with Crippen LogP contribution in [0.1, 0.15) is 24.1 Å². The number of ether oxygens (including phenoxy) is 2. The van der Waals surface area contributed by atoms with E-state index in [9.17, 15) is 9.59 Å². The number of nitrogens with zero attached hydrogens (tertiary/aromatic N) is 2. The van der Waals surface area contributed by atoms with E-state index in [1.807, 2.05) is 31.4 Å². The van der Waals surface area contributed by atoms with Crippen molar-refractivity contribution in [2.24, 2.45) is 0 Å². The van der Waals surface area contributed by atoms with Gasteiger partial charge in [-0.15, -0.1) is 11.3 Å². The first-order valence-electron chi connectivity index (χ1n) is 10.4. The van der Waals surface area contributed by atoms with E-state index in [0.717, 1.165) is 22.3 Å². The average Bonchev–Trinajstić information content (AvgIpc) is 3.23. The van der Waals surface area contributed by atoms with Gasteiger partial charge in [0, 0.05) is 17.0 Å². The number of carbonyl (C=O) groups is 1. The van der Waals surface area contributed by atoms with Crippen LogP contribution in [-0.2, 0) is 4.79 Å².